The van der Waals surface area contributed by atoms with Crippen molar-refractivity contribution in [1.29, 1.82) is 5.26 Å². The highest BCUT2D eigenvalue weighted by Crippen LogP contribution is 2.39. The molecule has 0 aromatic heterocycles. The number of nitriles is 1. The van der Waals surface area contributed by atoms with E-state index in [9.17, 15) is 0 Å². The van der Waals surface area contributed by atoms with Crippen molar-refractivity contribution < 1.29 is 4.74 Å². The van der Waals surface area contributed by atoms with Crippen molar-refractivity contribution in [3.05, 3.63) is 29.8 Å². The van der Waals surface area contributed by atoms with Gasteiger partial charge >= 0.3 is 0 Å². The lowest BCUT2D eigenvalue weighted by atomic mass is 9.70. The third kappa shape index (κ3) is 3.48. The molecule has 1 aliphatic carbocycles. The Morgan fingerprint density at radius 1 is 1.33 bits per heavy atom. The Kier molecular flexibility index (Phi) is 4.22. The first-order valence-electron chi connectivity index (χ1n) is 6.51. The maximum atomic E-state index is 8.42. The first-order chi connectivity index (χ1) is 8.72. The predicted octanol–water partition coefficient (Wildman–Crippen LogP) is 2.87. The minimum absolute atomic E-state index is 0.107. The molecule has 96 valence electrons. The number of nitrogens with one attached hydrogen (secondary N) is 1. The number of ether oxygens (including phenoxy) is 1. The molecule has 0 bridgehead atoms. The summed E-state index contributed by atoms with van der Waals surface area (Å²) in [5.74, 6) is 0.756. The number of benzene rings is 1. The maximum Gasteiger partial charge on any atom is 0.174 e. The molecule has 0 unspecified atom stereocenters. The van der Waals surface area contributed by atoms with Gasteiger partial charge in [-0.25, -0.2) is 0 Å². The lowest BCUT2D eigenvalue weighted by Gasteiger charge is -2.38. The van der Waals surface area contributed by atoms with Gasteiger partial charge in [-0.3, -0.25) is 0 Å². The van der Waals surface area contributed by atoms with E-state index in [-0.39, 0.29) is 6.61 Å². The molecular weight excluding hydrogens is 224 g/mol. The molecule has 3 nitrogen and oxygen atoms in total. The molecular formula is C15H20N2O. The van der Waals surface area contributed by atoms with E-state index >= 15 is 0 Å². The molecule has 0 saturated heterocycles. The maximum absolute atomic E-state index is 8.42. The van der Waals surface area contributed by atoms with Crippen molar-refractivity contribution in [1.82, 2.24) is 5.32 Å². The molecule has 1 aliphatic rings. The van der Waals surface area contributed by atoms with Crippen LogP contribution in [-0.4, -0.2) is 13.2 Å². The van der Waals surface area contributed by atoms with Gasteiger partial charge < -0.3 is 10.1 Å². The smallest absolute Gasteiger partial charge is 0.174 e. The monoisotopic (exact) mass is 244 g/mol. The van der Waals surface area contributed by atoms with E-state index in [4.69, 9.17) is 10.00 Å². The van der Waals surface area contributed by atoms with Gasteiger partial charge in [0.05, 0.1) is 0 Å². The fourth-order valence-corrected chi connectivity index (χ4v) is 2.28. The normalized spacial score (nSPS) is 16.7. The average Bonchev–Trinajstić information content (AvgIpc) is 2.36. The van der Waals surface area contributed by atoms with Crippen LogP contribution in [0.4, 0.5) is 0 Å². The van der Waals surface area contributed by atoms with E-state index < -0.39 is 0 Å². The molecule has 0 heterocycles. The average molecular weight is 244 g/mol. The van der Waals surface area contributed by atoms with Crippen molar-refractivity contribution in [2.24, 2.45) is 5.41 Å². The van der Waals surface area contributed by atoms with Gasteiger partial charge in [-0.15, -0.1) is 0 Å². The van der Waals surface area contributed by atoms with Gasteiger partial charge in [0.2, 0.25) is 0 Å². The molecule has 0 radical (unpaired) electrons. The van der Waals surface area contributed by atoms with Crippen molar-refractivity contribution in [3.63, 3.8) is 0 Å². The Bertz CT molecular complexity index is 415. The molecule has 0 aliphatic heterocycles. The van der Waals surface area contributed by atoms with E-state index in [2.05, 4.69) is 12.2 Å². The zero-order valence-corrected chi connectivity index (χ0v) is 10.9. The summed E-state index contributed by atoms with van der Waals surface area (Å²) in [6.07, 6.45) is 4.07. The Morgan fingerprint density at radius 2 is 2.06 bits per heavy atom. The Hall–Kier alpha value is -1.53. The third-order valence-electron chi connectivity index (χ3n) is 3.67. The van der Waals surface area contributed by atoms with Gasteiger partial charge in [-0.1, -0.05) is 25.5 Å². The van der Waals surface area contributed by atoms with Crippen molar-refractivity contribution in [3.8, 4) is 11.8 Å². The standard InChI is InChI=1S/C15H20N2O/c1-15(7-2-8-15)12-17-11-13-3-5-14(6-4-13)18-10-9-16/h3-6,17H,2,7-8,10-12H2,1H3. The van der Waals surface area contributed by atoms with Crippen LogP contribution in [0.25, 0.3) is 0 Å². The fourth-order valence-electron chi connectivity index (χ4n) is 2.28. The first-order valence-corrected chi connectivity index (χ1v) is 6.51. The summed E-state index contributed by atoms with van der Waals surface area (Å²) in [5, 5.41) is 11.9. The molecule has 1 saturated carbocycles. The molecule has 3 heteroatoms. The van der Waals surface area contributed by atoms with Gasteiger partial charge in [0.1, 0.15) is 11.8 Å². The number of rotatable bonds is 6. The molecule has 2 rings (SSSR count). The second-order valence-corrected chi connectivity index (χ2v) is 5.36. The van der Waals surface area contributed by atoms with Crippen LogP contribution in [0.15, 0.2) is 24.3 Å². The van der Waals surface area contributed by atoms with E-state index in [1.54, 1.807) is 0 Å². The molecule has 0 spiro atoms. The third-order valence-corrected chi connectivity index (χ3v) is 3.67. The highest BCUT2D eigenvalue weighted by atomic mass is 16.5. The number of nitrogens with zero attached hydrogens (tertiary/aromatic N) is 1. The fraction of sp³-hybridized carbons (Fsp3) is 0.533. The summed E-state index contributed by atoms with van der Waals surface area (Å²) < 4.78 is 5.21. The molecule has 0 atom stereocenters. The summed E-state index contributed by atoms with van der Waals surface area (Å²) in [6, 6.07) is 9.88. The predicted molar refractivity (Wildman–Crippen MR) is 71.2 cm³/mol. The van der Waals surface area contributed by atoms with Crippen LogP contribution in [0.1, 0.15) is 31.7 Å². The Morgan fingerprint density at radius 3 is 2.61 bits per heavy atom. The van der Waals surface area contributed by atoms with Crippen LogP contribution in [0.5, 0.6) is 5.75 Å². The van der Waals surface area contributed by atoms with Crippen molar-refractivity contribution in [2.45, 2.75) is 32.7 Å². The second-order valence-electron chi connectivity index (χ2n) is 5.36. The second kappa shape index (κ2) is 5.88. The summed E-state index contributed by atoms with van der Waals surface area (Å²) in [7, 11) is 0. The van der Waals surface area contributed by atoms with Crippen LogP contribution in [-0.2, 0) is 6.54 Å². The van der Waals surface area contributed by atoms with Crippen LogP contribution >= 0.6 is 0 Å². The molecule has 1 N–H and O–H groups in total. The summed E-state index contributed by atoms with van der Waals surface area (Å²) in [5.41, 5.74) is 1.78. The molecule has 1 fully saturated rings. The van der Waals surface area contributed by atoms with E-state index in [0.29, 0.717) is 5.41 Å². The van der Waals surface area contributed by atoms with Gasteiger partial charge in [-0.05, 0) is 36.0 Å². The first kappa shape index (κ1) is 12.9. The van der Waals surface area contributed by atoms with Crippen LogP contribution in [0.3, 0.4) is 0 Å². The van der Waals surface area contributed by atoms with Crippen LogP contribution in [0, 0.1) is 16.7 Å². The van der Waals surface area contributed by atoms with E-state index in [1.165, 1.54) is 24.8 Å². The van der Waals surface area contributed by atoms with E-state index in [0.717, 1.165) is 18.8 Å². The van der Waals surface area contributed by atoms with Crippen LogP contribution < -0.4 is 10.1 Å². The molecule has 18 heavy (non-hydrogen) atoms. The minimum Gasteiger partial charge on any atom is -0.479 e. The highest BCUT2D eigenvalue weighted by molar-refractivity contribution is 5.27. The SMILES string of the molecule is CC1(CNCc2ccc(OCC#N)cc2)CCC1. The van der Waals surface area contributed by atoms with Gasteiger partial charge in [0, 0.05) is 13.1 Å². The van der Waals surface area contributed by atoms with Gasteiger partial charge in [0.25, 0.3) is 0 Å². The zero-order valence-electron chi connectivity index (χ0n) is 10.9. The lowest BCUT2D eigenvalue weighted by Crippen LogP contribution is -2.36. The quantitative estimate of drug-likeness (QED) is 0.837. The molecule has 1 aromatic rings. The highest BCUT2D eigenvalue weighted by Gasteiger charge is 2.30. The Labute approximate surface area is 109 Å². The minimum atomic E-state index is 0.107. The molecule has 0 amide bonds. The van der Waals surface area contributed by atoms with E-state index in [1.807, 2.05) is 30.3 Å². The van der Waals surface area contributed by atoms with Crippen molar-refractivity contribution in [2.75, 3.05) is 13.2 Å². The van der Waals surface area contributed by atoms with Crippen LogP contribution in [0.2, 0.25) is 0 Å². The van der Waals surface area contributed by atoms with Gasteiger partial charge in [0.15, 0.2) is 6.61 Å². The number of hydrogen-bond donors (Lipinski definition) is 1. The largest absolute Gasteiger partial charge is 0.479 e. The zero-order chi connectivity index (χ0) is 12.8. The van der Waals surface area contributed by atoms with Gasteiger partial charge in [-0.2, -0.15) is 5.26 Å². The molecule has 1 aromatic carbocycles. The lowest BCUT2D eigenvalue weighted by molar-refractivity contribution is 0.156. The topological polar surface area (TPSA) is 45.0 Å². The summed E-state index contributed by atoms with van der Waals surface area (Å²) >= 11 is 0. The summed E-state index contributed by atoms with van der Waals surface area (Å²) in [4.78, 5) is 0. The Balaban J connectivity index is 1.74. The number of hydrogen-bond acceptors (Lipinski definition) is 3. The van der Waals surface area contributed by atoms with Crippen molar-refractivity contribution >= 4 is 0 Å². The summed E-state index contributed by atoms with van der Waals surface area (Å²) in [6.45, 7) is 4.45.